The molecule has 0 saturated heterocycles. The predicted octanol–water partition coefficient (Wildman–Crippen LogP) is 3.58. The summed E-state index contributed by atoms with van der Waals surface area (Å²) in [7, 11) is 0. The van der Waals surface area contributed by atoms with E-state index in [1.54, 1.807) is 47.0 Å². The molecule has 6 heteroatoms. The molecule has 1 amide bonds. The number of para-hydroxylation sites is 1. The fourth-order valence-corrected chi connectivity index (χ4v) is 3.97. The predicted molar refractivity (Wildman–Crippen MR) is 131 cm³/mol. The molecular weight excluding hydrogens is 414 g/mol. The van der Waals surface area contributed by atoms with Crippen LogP contribution in [0, 0.1) is 6.92 Å². The maximum absolute atomic E-state index is 13.5. The molecule has 1 heterocycles. The van der Waals surface area contributed by atoms with Crippen LogP contribution >= 0.6 is 0 Å². The summed E-state index contributed by atoms with van der Waals surface area (Å²) in [5.74, 6) is -0.0482. The van der Waals surface area contributed by atoms with Gasteiger partial charge in [0.15, 0.2) is 0 Å². The van der Waals surface area contributed by atoms with E-state index in [4.69, 9.17) is 0 Å². The minimum atomic E-state index is -0.395. The van der Waals surface area contributed by atoms with Gasteiger partial charge in [-0.3, -0.25) is 14.2 Å². The first-order valence-electron chi connectivity index (χ1n) is 11.1. The van der Waals surface area contributed by atoms with Crippen molar-refractivity contribution in [2.75, 3.05) is 6.54 Å². The van der Waals surface area contributed by atoms with Crippen molar-refractivity contribution in [3.8, 4) is 5.69 Å². The molecule has 1 aromatic heterocycles. The van der Waals surface area contributed by atoms with Crippen LogP contribution in [-0.4, -0.2) is 21.6 Å². The van der Waals surface area contributed by atoms with Crippen molar-refractivity contribution < 1.29 is 4.79 Å². The van der Waals surface area contributed by atoms with E-state index in [0.29, 0.717) is 29.7 Å². The molecule has 0 aliphatic heterocycles. The van der Waals surface area contributed by atoms with Gasteiger partial charge in [0.2, 0.25) is 5.91 Å². The molecule has 0 radical (unpaired) electrons. The van der Waals surface area contributed by atoms with Gasteiger partial charge >= 0.3 is 5.69 Å². The summed E-state index contributed by atoms with van der Waals surface area (Å²) in [5.41, 5.74) is 3.25. The number of nitrogens with zero attached hydrogens (tertiary/aromatic N) is 2. The van der Waals surface area contributed by atoms with Crippen LogP contribution in [0.2, 0.25) is 0 Å². The van der Waals surface area contributed by atoms with Crippen LogP contribution in [-0.2, 0) is 17.8 Å². The molecule has 4 aromatic rings. The number of rotatable bonds is 7. The van der Waals surface area contributed by atoms with Gasteiger partial charge in [-0.1, -0.05) is 61.0 Å². The number of aryl methyl sites for hydroxylation is 1. The van der Waals surface area contributed by atoms with Crippen molar-refractivity contribution >= 4 is 16.8 Å². The topological polar surface area (TPSA) is 73.1 Å². The SMILES string of the molecule is CCCNC(=O)Cc1ccc(-n2c(=O)c3ccccc3n(Cc3cccc(C)c3)c2=O)cc1. The monoisotopic (exact) mass is 441 g/mol. The van der Waals surface area contributed by atoms with Crippen molar-refractivity contribution in [3.05, 3.63) is 110 Å². The quantitative estimate of drug-likeness (QED) is 0.477. The molecule has 0 spiro atoms. The highest BCUT2D eigenvalue weighted by atomic mass is 16.2. The summed E-state index contributed by atoms with van der Waals surface area (Å²) in [5, 5.41) is 3.33. The summed E-state index contributed by atoms with van der Waals surface area (Å²) in [6.07, 6.45) is 1.13. The smallest absolute Gasteiger partial charge is 0.336 e. The molecule has 0 saturated carbocycles. The average molecular weight is 442 g/mol. The zero-order chi connectivity index (χ0) is 23.4. The zero-order valence-corrected chi connectivity index (χ0v) is 18.9. The molecule has 0 bridgehead atoms. The van der Waals surface area contributed by atoms with Crippen molar-refractivity contribution in [2.24, 2.45) is 0 Å². The standard InChI is InChI=1S/C27H27N3O3/c1-3-15-28-25(31)17-20-11-13-22(14-12-20)30-26(32)23-9-4-5-10-24(23)29(27(30)33)18-21-8-6-7-19(2)16-21/h4-14,16H,3,15,17-18H2,1-2H3,(H,28,31). The summed E-state index contributed by atoms with van der Waals surface area (Å²) >= 11 is 0. The third-order valence-corrected chi connectivity index (χ3v) is 5.61. The van der Waals surface area contributed by atoms with Crippen LogP contribution in [0.5, 0.6) is 0 Å². The number of hydrogen-bond donors (Lipinski definition) is 1. The maximum atomic E-state index is 13.5. The number of amides is 1. The number of benzene rings is 3. The Bertz CT molecular complexity index is 1420. The normalized spacial score (nSPS) is 11.0. The van der Waals surface area contributed by atoms with E-state index in [2.05, 4.69) is 5.32 Å². The summed E-state index contributed by atoms with van der Waals surface area (Å²) in [6, 6.07) is 22.2. The molecule has 3 aromatic carbocycles. The number of carbonyl (C=O) groups is 1. The van der Waals surface area contributed by atoms with Gasteiger partial charge in [-0.2, -0.15) is 0 Å². The maximum Gasteiger partial charge on any atom is 0.336 e. The molecule has 168 valence electrons. The van der Waals surface area contributed by atoms with E-state index in [-0.39, 0.29) is 17.9 Å². The molecule has 0 fully saturated rings. The van der Waals surface area contributed by atoms with E-state index in [0.717, 1.165) is 23.1 Å². The van der Waals surface area contributed by atoms with E-state index in [9.17, 15) is 14.4 Å². The Morgan fingerprint density at radius 3 is 2.39 bits per heavy atom. The molecule has 33 heavy (non-hydrogen) atoms. The highest BCUT2D eigenvalue weighted by Crippen LogP contribution is 2.14. The Morgan fingerprint density at radius 2 is 1.67 bits per heavy atom. The summed E-state index contributed by atoms with van der Waals surface area (Å²) in [6.45, 7) is 5.01. The lowest BCUT2D eigenvalue weighted by Crippen LogP contribution is -2.39. The lowest BCUT2D eigenvalue weighted by Gasteiger charge is -2.15. The Morgan fingerprint density at radius 1 is 0.909 bits per heavy atom. The second-order valence-corrected chi connectivity index (χ2v) is 8.21. The van der Waals surface area contributed by atoms with E-state index < -0.39 is 5.69 Å². The van der Waals surface area contributed by atoms with Gasteiger partial charge in [0, 0.05) is 6.54 Å². The van der Waals surface area contributed by atoms with Crippen molar-refractivity contribution in [1.82, 2.24) is 14.5 Å². The van der Waals surface area contributed by atoms with E-state index in [1.165, 1.54) is 4.57 Å². The van der Waals surface area contributed by atoms with Crippen LogP contribution in [0.3, 0.4) is 0 Å². The fourth-order valence-electron chi connectivity index (χ4n) is 3.97. The van der Waals surface area contributed by atoms with Gasteiger partial charge < -0.3 is 5.32 Å². The lowest BCUT2D eigenvalue weighted by molar-refractivity contribution is -0.120. The lowest BCUT2D eigenvalue weighted by atomic mass is 10.1. The zero-order valence-electron chi connectivity index (χ0n) is 18.9. The van der Waals surface area contributed by atoms with Gasteiger partial charge in [0.25, 0.3) is 5.56 Å². The second-order valence-electron chi connectivity index (χ2n) is 8.21. The Labute approximate surface area is 192 Å². The van der Waals surface area contributed by atoms with Crippen LogP contribution < -0.4 is 16.6 Å². The van der Waals surface area contributed by atoms with Crippen molar-refractivity contribution in [1.29, 1.82) is 0 Å². The number of hydrogen-bond acceptors (Lipinski definition) is 3. The van der Waals surface area contributed by atoms with Crippen molar-refractivity contribution in [2.45, 2.75) is 33.2 Å². The third kappa shape index (κ3) is 4.80. The second kappa shape index (κ2) is 9.69. The third-order valence-electron chi connectivity index (χ3n) is 5.61. The molecule has 0 atom stereocenters. The number of aromatic nitrogens is 2. The van der Waals surface area contributed by atoms with Crippen molar-refractivity contribution in [3.63, 3.8) is 0 Å². The average Bonchev–Trinajstić information content (AvgIpc) is 2.82. The Hall–Kier alpha value is -3.93. The molecule has 6 nitrogen and oxygen atoms in total. The van der Waals surface area contributed by atoms with Crippen LogP contribution in [0.1, 0.15) is 30.0 Å². The minimum Gasteiger partial charge on any atom is -0.356 e. The number of nitrogens with one attached hydrogen (secondary N) is 1. The molecule has 0 aliphatic rings. The highest BCUT2D eigenvalue weighted by molar-refractivity contribution is 5.79. The molecule has 1 N–H and O–H groups in total. The molecule has 0 aliphatic carbocycles. The van der Waals surface area contributed by atoms with Crippen LogP contribution in [0.4, 0.5) is 0 Å². The van der Waals surface area contributed by atoms with E-state index in [1.807, 2.05) is 44.2 Å². The Balaban J connectivity index is 1.77. The molecule has 0 unspecified atom stereocenters. The van der Waals surface area contributed by atoms with Crippen LogP contribution in [0.25, 0.3) is 16.6 Å². The molecule has 4 rings (SSSR count). The van der Waals surface area contributed by atoms with Gasteiger partial charge in [0.05, 0.1) is 29.6 Å². The first-order chi connectivity index (χ1) is 16.0. The van der Waals surface area contributed by atoms with Gasteiger partial charge in [0.1, 0.15) is 0 Å². The number of carbonyl (C=O) groups excluding carboxylic acids is 1. The Kier molecular flexibility index (Phi) is 6.54. The van der Waals surface area contributed by atoms with Gasteiger partial charge in [-0.15, -0.1) is 0 Å². The largest absolute Gasteiger partial charge is 0.356 e. The van der Waals surface area contributed by atoms with Gasteiger partial charge in [-0.25, -0.2) is 9.36 Å². The minimum absolute atomic E-state index is 0.0482. The fraction of sp³-hybridized carbons (Fsp3) is 0.222. The van der Waals surface area contributed by atoms with E-state index >= 15 is 0 Å². The summed E-state index contributed by atoms with van der Waals surface area (Å²) in [4.78, 5) is 38.8. The first-order valence-corrected chi connectivity index (χ1v) is 11.1. The first kappa shape index (κ1) is 22.3. The van der Waals surface area contributed by atoms with Crippen LogP contribution in [0.15, 0.2) is 82.4 Å². The number of fused-ring (bicyclic) bond motifs is 1. The molecular formula is C27H27N3O3. The summed E-state index contributed by atoms with van der Waals surface area (Å²) < 4.78 is 2.84. The highest BCUT2D eigenvalue weighted by Gasteiger charge is 2.15. The van der Waals surface area contributed by atoms with Gasteiger partial charge in [-0.05, 0) is 48.7 Å².